The van der Waals surface area contributed by atoms with Gasteiger partial charge >= 0.3 is 0 Å². The van der Waals surface area contributed by atoms with Crippen LogP contribution in [0, 0.1) is 11.6 Å². The maximum atomic E-state index is 14.1. The minimum Gasteiger partial charge on any atom is -0.364 e. The first kappa shape index (κ1) is 14.6. The van der Waals surface area contributed by atoms with Crippen LogP contribution in [0.2, 0.25) is 0 Å². The Morgan fingerprint density at radius 2 is 1.74 bits per heavy atom. The Balaban J connectivity index is 2.31. The normalized spacial score (nSPS) is 16.6. The molecular weight excluding hydrogens is 268 g/mol. The molecule has 4 heteroatoms. The molecule has 0 aromatic heterocycles. The smallest absolute Gasteiger partial charge is 0.149 e. The third-order valence-electron chi connectivity index (χ3n) is 3.87. The quantitative estimate of drug-likeness (QED) is 0.715. The molecule has 1 aliphatic rings. The lowest BCUT2D eigenvalue weighted by atomic mass is 9.93. The van der Waals surface area contributed by atoms with Crippen molar-refractivity contribution in [3.8, 4) is 0 Å². The van der Waals surface area contributed by atoms with Crippen LogP contribution in [0.1, 0.15) is 44.6 Å². The van der Waals surface area contributed by atoms with E-state index in [0.717, 1.165) is 25.7 Å². The van der Waals surface area contributed by atoms with Crippen molar-refractivity contribution in [3.63, 3.8) is 0 Å². The second kappa shape index (κ2) is 6.56. The molecule has 1 aromatic carbocycles. The van der Waals surface area contributed by atoms with Crippen LogP contribution in [0.4, 0.5) is 14.5 Å². The van der Waals surface area contributed by atoms with Crippen LogP contribution in [0.25, 0.3) is 0 Å². The van der Waals surface area contributed by atoms with Gasteiger partial charge in [0.25, 0.3) is 0 Å². The summed E-state index contributed by atoms with van der Waals surface area (Å²) < 4.78 is 28.3. The summed E-state index contributed by atoms with van der Waals surface area (Å²) in [4.78, 5) is 1.88. The zero-order valence-corrected chi connectivity index (χ0v) is 12.0. The average molecular weight is 288 g/mol. The molecule has 0 saturated heterocycles. The highest BCUT2D eigenvalue weighted by Crippen LogP contribution is 2.31. The van der Waals surface area contributed by atoms with Gasteiger partial charge < -0.3 is 4.90 Å². The minimum absolute atomic E-state index is 0.114. The summed E-state index contributed by atoms with van der Waals surface area (Å²) in [6.45, 7) is 2.57. The second-order valence-electron chi connectivity index (χ2n) is 5.12. The van der Waals surface area contributed by atoms with Gasteiger partial charge in [-0.2, -0.15) is 0 Å². The molecule has 0 unspecified atom stereocenters. The number of alkyl halides is 1. The topological polar surface area (TPSA) is 3.24 Å². The van der Waals surface area contributed by atoms with Crippen molar-refractivity contribution >= 4 is 17.3 Å². The van der Waals surface area contributed by atoms with Crippen LogP contribution in [0.15, 0.2) is 12.1 Å². The highest BCUT2D eigenvalue weighted by Gasteiger charge is 2.25. The summed E-state index contributed by atoms with van der Waals surface area (Å²) in [5.74, 6) is -0.866. The minimum atomic E-state index is -0.497. The molecule has 1 aromatic rings. The Bertz CT molecular complexity index is 407. The van der Waals surface area contributed by atoms with Gasteiger partial charge in [0.05, 0.1) is 0 Å². The van der Waals surface area contributed by atoms with Crippen molar-refractivity contribution in [2.45, 2.75) is 50.9 Å². The Morgan fingerprint density at radius 3 is 2.21 bits per heavy atom. The number of halogens is 3. The number of benzene rings is 1. The molecule has 2 rings (SSSR count). The van der Waals surface area contributed by atoms with Crippen LogP contribution in [-0.2, 0) is 5.88 Å². The van der Waals surface area contributed by atoms with E-state index in [9.17, 15) is 8.78 Å². The molecule has 0 amide bonds. The second-order valence-corrected chi connectivity index (χ2v) is 5.39. The van der Waals surface area contributed by atoms with Gasteiger partial charge in [-0.1, -0.05) is 19.3 Å². The summed E-state index contributed by atoms with van der Waals surface area (Å²) in [6, 6.07) is 2.94. The molecule has 106 valence electrons. The largest absolute Gasteiger partial charge is 0.364 e. The van der Waals surface area contributed by atoms with E-state index in [1.807, 2.05) is 11.8 Å². The third kappa shape index (κ3) is 3.19. The number of hydrogen-bond donors (Lipinski definition) is 0. The molecule has 0 bridgehead atoms. The van der Waals surface area contributed by atoms with Crippen molar-refractivity contribution < 1.29 is 8.78 Å². The van der Waals surface area contributed by atoms with Crippen molar-refractivity contribution in [3.05, 3.63) is 29.3 Å². The van der Waals surface area contributed by atoms with E-state index in [4.69, 9.17) is 11.6 Å². The van der Waals surface area contributed by atoms with Gasteiger partial charge in [-0.05, 0) is 37.5 Å². The van der Waals surface area contributed by atoms with Gasteiger partial charge in [0.1, 0.15) is 17.3 Å². The molecule has 0 radical (unpaired) electrons. The highest BCUT2D eigenvalue weighted by molar-refractivity contribution is 6.17. The maximum Gasteiger partial charge on any atom is 0.149 e. The van der Waals surface area contributed by atoms with Gasteiger partial charge in [-0.15, -0.1) is 11.6 Å². The lowest BCUT2D eigenvalue weighted by Gasteiger charge is -2.35. The van der Waals surface area contributed by atoms with Gasteiger partial charge in [0, 0.05) is 18.5 Å². The number of rotatable bonds is 4. The van der Waals surface area contributed by atoms with Crippen molar-refractivity contribution in [2.24, 2.45) is 0 Å². The SMILES string of the molecule is CCN(c1c(F)cc(CCl)cc1F)C1CCCCC1. The highest BCUT2D eigenvalue weighted by atomic mass is 35.5. The number of anilines is 1. The molecule has 0 aliphatic heterocycles. The lowest BCUT2D eigenvalue weighted by Crippen LogP contribution is -2.38. The fraction of sp³-hybridized carbons (Fsp3) is 0.600. The molecule has 1 nitrogen and oxygen atoms in total. The monoisotopic (exact) mass is 287 g/mol. The Labute approximate surface area is 118 Å². The third-order valence-corrected chi connectivity index (χ3v) is 4.18. The Morgan fingerprint density at radius 1 is 1.16 bits per heavy atom. The summed E-state index contributed by atoms with van der Waals surface area (Å²) in [6.07, 6.45) is 5.55. The molecule has 1 fully saturated rings. The van der Waals surface area contributed by atoms with Crippen LogP contribution in [0.5, 0.6) is 0 Å². The van der Waals surface area contributed by atoms with Crippen LogP contribution < -0.4 is 4.90 Å². The predicted molar refractivity (Wildman–Crippen MR) is 75.8 cm³/mol. The fourth-order valence-electron chi connectivity index (χ4n) is 2.96. The predicted octanol–water partition coefficient (Wildman–Crippen LogP) is 4.86. The van der Waals surface area contributed by atoms with Gasteiger partial charge in [-0.3, -0.25) is 0 Å². The van der Waals surface area contributed by atoms with Gasteiger partial charge in [0.2, 0.25) is 0 Å². The molecule has 1 saturated carbocycles. The van der Waals surface area contributed by atoms with Crippen molar-refractivity contribution in [2.75, 3.05) is 11.4 Å². The zero-order chi connectivity index (χ0) is 13.8. The molecule has 0 atom stereocenters. The van der Waals surface area contributed by atoms with Crippen LogP contribution in [-0.4, -0.2) is 12.6 Å². The first-order valence-electron chi connectivity index (χ1n) is 6.98. The Hall–Kier alpha value is -0.830. The fourth-order valence-corrected chi connectivity index (χ4v) is 3.12. The maximum absolute atomic E-state index is 14.1. The summed E-state index contributed by atoms with van der Waals surface area (Å²) >= 11 is 5.64. The van der Waals surface area contributed by atoms with Crippen molar-refractivity contribution in [1.29, 1.82) is 0 Å². The zero-order valence-electron chi connectivity index (χ0n) is 11.3. The lowest BCUT2D eigenvalue weighted by molar-refractivity contribution is 0.410. The van der Waals surface area contributed by atoms with Crippen LogP contribution >= 0.6 is 11.6 Å². The molecular formula is C15H20ClF2N. The van der Waals surface area contributed by atoms with E-state index < -0.39 is 11.6 Å². The van der Waals surface area contributed by atoms with E-state index >= 15 is 0 Å². The average Bonchev–Trinajstić information content (AvgIpc) is 2.43. The summed E-state index contributed by atoms with van der Waals surface area (Å²) in [5.41, 5.74) is 0.600. The molecule has 19 heavy (non-hydrogen) atoms. The number of hydrogen-bond acceptors (Lipinski definition) is 1. The van der Waals surface area contributed by atoms with E-state index in [2.05, 4.69) is 0 Å². The number of nitrogens with zero attached hydrogens (tertiary/aromatic N) is 1. The first-order valence-corrected chi connectivity index (χ1v) is 7.51. The molecule has 0 N–H and O–H groups in total. The van der Waals surface area contributed by atoms with Gasteiger partial charge in [0.15, 0.2) is 0 Å². The molecule has 0 spiro atoms. The van der Waals surface area contributed by atoms with Crippen molar-refractivity contribution in [1.82, 2.24) is 0 Å². The first-order chi connectivity index (χ1) is 9.17. The standard InChI is InChI=1S/C15H20ClF2N/c1-2-19(12-6-4-3-5-7-12)15-13(17)8-11(10-16)9-14(15)18/h8-9,12H,2-7,10H2,1H3. The molecule has 1 aliphatic carbocycles. The van der Waals surface area contributed by atoms with Crippen LogP contribution in [0.3, 0.4) is 0 Å². The van der Waals surface area contributed by atoms with Gasteiger partial charge in [-0.25, -0.2) is 8.78 Å². The van der Waals surface area contributed by atoms with E-state index in [1.54, 1.807) is 0 Å². The molecule has 0 heterocycles. The van der Waals surface area contributed by atoms with E-state index in [-0.39, 0.29) is 17.6 Å². The Kier molecular flexibility index (Phi) is 5.03. The van der Waals surface area contributed by atoms with E-state index in [0.29, 0.717) is 12.1 Å². The summed E-state index contributed by atoms with van der Waals surface area (Å²) in [5, 5.41) is 0. The van der Waals surface area contributed by atoms with E-state index in [1.165, 1.54) is 18.6 Å². The summed E-state index contributed by atoms with van der Waals surface area (Å²) in [7, 11) is 0.